The van der Waals surface area contributed by atoms with Gasteiger partial charge in [-0.25, -0.2) is 0 Å². The normalized spacial score (nSPS) is 10.5. The average molecular weight is 556 g/mol. The SMILES string of the molecule is CCCCCCCCCCCCCCCCNCCCCCCCCCCCCCCCC.Cl.Cl.N. The van der Waals surface area contributed by atoms with Gasteiger partial charge in [0.2, 0.25) is 0 Å². The average Bonchev–Trinajstić information content (AvgIpc) is 2.83. The van der Waals surface area contributed by atoms with Gasteiger partial charge in [0.1, 0.15) is 0 Å². The van der Waals surface area contributed by atoms with Gasteiger partial charge in [0.25, 0.3) is 0 Å². The van der Waals surface area contributed by atoms with Crippen LogP contribution in [0.4, 0.5) is 0 Å². The van der Waals surface area contributed by atoms with Gasteiger partial charge < -0.3 is 11.5 Å². The van der Waals surface area contributed by atoms with E-state index in [4.69, 9.17) is 0 Å². The highest BCUT2D eigenvalue weighted by atomic mass is 35.5. The Labute approximate surface area is 242 Å². The van der Waals surface area contributed by atoms with E-state index >= 15 is 0 Å². The highest BCUT2D eigenvalue weighted by molar-refractivity contribution is 5.85. The van der Waals surface area contributed by atoms with E-state index in [2.05, 4.69) is 19.2 Å². The van der Waals surface area contributed by atoms with E-state index in [-0.39, 0.29) is 31.0 Å². The van der Waals surface area contributed by atoms with Crippen LogP contribution < -0.4 is 11.5 Å². The second-order valence-corrected chi connectivity index (χ2v) is 10.9. The van der Waals surface area contributed by atoms with Crippen LogP contribution in [0.5, 0.6) is 0 Å². The van der Waals surface area contributed by atoms with Crippen molar-refractivity contribution in [3.8, 4) is 0 Å². The molecule has 0 fully saturated rings. The summed E-state index contributed by atoms with van der Waals surface area (Å²) in [5.74, 6) is 0. The molecule has 0 rings (SSSR count). The Balaban J connectivity index is -0.00000171. The number of rotatable bonds is 30. The first-order valence-corrected chi connectivity index (χ1v) is 16.1. The first-order chi connectivity index (χ1) is 16.4. The van der Waals surface area contributed by atoms with E-state index in [0.717, 1.165) is 0 Å². The van der Waals surface area contributed by atoms with Gasteiger partial charge >= 0.3 is 0 Å². The maximum Gasteiger partial charge on any atom is -0.00489 e. The molecular weight excluding hydrogens is 483 g/mol. The van der Waals surface area contributed by atoms with Gasteiger partial charge in [0.15, 0.2) is 0 Å². The van der Waals surface area contributed by atoms with Crippen LogP contribution in [-0.2, 0) is 0 Å². The fourth-order valence-electron chi connectivity index (χ4n) is 5.01. The number of hydrogen-bond donors (Lipinski definition) is 2. The lowest BCUT2D eigenvalue weighted by Crippen LogP contribution is -2.16. The molecule has 0 aromatic heterocycles. The monoisotopic (exact) mass is 555 g/mol. The first-order valence-electron chi connectivity index (χ1n) is 16.1. The maximum atomic E-state index is 3.67. The molecule has 2 nitrogen and oxygen atoms in total. The lowest BCUT2D eigenvalue weighted by atomic mass is 10.0. The minimum absolute atomic E-state index is 0. The van der Waals surface area contributed by atoms with Crippen molar-refractivity contribution in [2.75, 3.05) is 13.1 Å². The minimum Gasteiger partial charge on any atom is -0.344 e. The van der Waals surface area contributed by atoms with Crippen LogP contribution in [0.1, 0.15) is 194 Å². The zero-order chi connectivity index (χ0) is 23.9. The lowest BCUT2D eigenvalue weighted by molar-refractivity contribution is 0.518. The molecule has 0 bridgehead atoms. The third-order valence-electron chi connectivity index (χ3n) is 7.41. The van der Waals surface area contributed by atoms with Crippen molar-refractivity contribution in [2.45, 2.75) is 194 Å². The summed E-state index contributed by atoms with van der Waals surface area (Å²) in [6.45, 7) is 7.10. The van der Waals surface area contributed by atoms with E-state index < -0.39 is 0 Å². The topological polar surface area (TPSA) is 47.0 Å². The van der Waals surface area contributed by atoms with Crippen molar-refractivity contribution in [2.24, 2.45) is 0 Å². The number of nitrogens with one attached hydrogen (secondary N) is 1. The quantitative estimate of drug-likeness (QED) is 0.0866. The van der Waals surface area contributed by atoms with E-state index in [1.807, 2.05) is 0 Å². The number of unbranched alkanes of at least 4 members (excludes halogenated alkanes) is 26. The Bertz CT molecular complexity index is 299. The van der Waals surface area contributed by atoms with Gasteiger partial charge in [-0.2, -0.15) is 0 Å². The second-order valence-electron chi connectivity index (χ2n) is 10.9. The molecule has 0 heterocycles. The summed E-state index contributed by atoms with van der Waals surface area (Å²) in [7, 11) is 0. The van der Waals surface area contributed by atoms with Gasteiger partial charge in [-0.15, -0.1) is 24.8 Å². The molecule has 0 atom stereocenters. The van der Waals surface area contributed by atoms with Crippen LogP contribution in [0.15, 0.2) is 0 Å². The molecule has 0 amide bonds. The maximum absolute atomic E-state index is 3.67. The van der Waals surface area contributed by atoms with Gasteiger partial charge in [-0.1, -0.05) is 181 Å². The molecule has 4 heteroatoms. The van der Waals surface area contributed by atoms with Crippen LogP contribution >= 0.6 is 24.8 Å². The second kappa shape index (κ2) is 42.6. The Morgan fingerprint density at radius 2 is 0.444 bits per heavy atom. The van der Waals surface area contributed by atoms with Crippen LogP contribution in [0.2, 0.25) is 0 Å². The largest absolute Gasteiger partial charge is 0.344 e. The van der Waals surface area contributed by atoms with Crippen molar-refractivity contribution in [3.05, 3.63) is 0 Å². The van der Waals surface area contributed by atoms with Crippen LogP contribution in [0.3, 0.4) is 0 Å². The van der Waals surface area contributed by atoms with Crippen molar-refractivity contribution >= 4 is 24.8 Å². The molecule has 0 aliphatic rings. The minimum atomic E-state index is 0. The third kappa shape index (κ3) is 41.6. The summed E-state index contributed by atoms with van der Waals surface area (Å²) in [6, 6.07) is 0. The molecule has 0 aliphatic carbocycles. The van der Waals surface area contributed by atoms with E-state index in [9.17, 15) is 0 Å². The number of hydrogen-bond acceptors (Lipinski definition) is 2. The number of halogens is 2. The zero-order valence-corrected chi connectivity index (χ0v) is 26.9. The van der Waals surface area contributed by atoms with Crippen molar-refractivity contribution in [1.82, 2.24) is 11.5 Å². The fraction of sp³-hybridized carbons (Fsp3) is 1.00. The first kappa shape index (κ1) is 43.5. The Hall–Kier alpha value is 0.500. The van der Waals surface area contributed by atoms with Gasteiger partial charge in [0, 0.05) is 0 Å². The van der Waals surface area contributed by atoms with Crippen molar-refractivity contribution < 1.29 is 0 Å². The van der Waals surface area contributed by atoms with Gasteiger partial charge in [-0.05, 0) is 25.9 Å². The third-order valence-corrected chi connectivity index (χ3v) is 7.41. The predicted octanol–water partition coefficient (Wildman–Crippen LogP) is 12.5. The highest BCUT2D eigenvalue weighted by Gasteiger charge is 1.96. The molecule has 4 N–H and O–H groups in total. The smallest absolute Gasteiger partial charge is 0.00489 e. The van der Waals surface area contributed by atoms with E-state index in [1.165, 1.54) is 193 Å². The van der Waals surface area contributed by atoms with Crippen molar-refractivity contribution in [1.29, 1.82) is 0 Å². The Morgan fingerprint density at radius 3 is 0.639 bits per heavy atom. The Morgan fingerprint density at radius 1 is 0.278 bits per heavy atom. The summed E-state index contributed by atoms with van der Waals surface area (Å²) in [6.07, 6.45) is 40.7. The zero-order valence-electron chi connectivity index (χ0n) is 25.2. The van der Waals surface area contributed by atoms with Crippen molar-refractivity contribution in [3.63, 3.8) is 0 Å². The molecule has 0 saturated heterocycles. The summed E-state index contributed by atoms with van der Waals surface area (Å²) >= 11 is 0. The molecular formula is C32H72Cl2N2. The molecule has 0 radical (unpaired) electrons. The molecule has 224 valence electrons. The fourth-order valence-corrected chi connectivity index (χ4v) is 5.01. The van der Waals surface area contributed by atoms with Gasteiger partial charge in [-0.3, -0.25) is 0 Å². The molecule has 0 saturated carbocycles. The summed E-state index contributed by atoms with van der Waals surface area (Å²) in [5, 5.41) is 3.67. The summed E-state index contributed by atoms with van der Waals surface area (Å²) < 4.78 is 0. The standard InChI is InChI=1S/C32H67N.2ClH.H3N/c1-3-5-7-9-11-13-15-17-19-21-23-25-27-29-31-33-32-30-28-26-24-22-20-18-16-14-12-10-8-6-4-2;;;/h33H,3-32H2,1-2H3;2*1H;1H3. The predicted molar refractivity (Wildman–Crippen MR) is 173 cm³/mol. The molecule has 0 spiro atoms. The van der Waals surface area contributed by atoms with Crippen LogP contribution in [0.25, 0.3) is 0 Å². The van der Waals surface area contributed by atoms with Crippen LogP contribution in [0, 0.1) is 0 Å². The Kier molecular flexibility index (Phi) is 51.5. The molecule has 0 aromatic carbocycles. The molecule has 0 aromatic rings. The van der Waals surface area contributed by atoms with Crippen LogP contribution in [-0.4, -0.2) is 13.1 Å². The van der Waals surface area contributed by atoms with Gasteiger partial charge in [0.05, 0.1) is 0 Å². The highest BCUT2D eigenvalue weighted by Crippen LogP contribution is 2.14. The lowest BCUT2D eigenvalue weighted by Gasteiger charge is -2.06. The molecule has 0 unspecified atom stereocenters. The van der Waals surface area contributed by atoms with E-state index in [0.29, 0.717) is 0 Å². The van der Waals surface area contributed by atoms with E-state index in [1.54, 1.807) is 0 Å². The molecule has 36 heavy (non-hydrogen) atoms. The molecule has 0 aliphatic heterocycles. The summed E-state index contributed by atoms with van der Waals surface area (Å²) in [4.78, 5) is 0. The summed E-state index contributed by atoms with van der Waals surface area (Å²) in [5.41, 5.74) is 0.